The number of aliphatic hydroxyl groups excluding tert-OH is 1. The number of methoxy groups -OCH3 is 1. The number of halogens is 3. The first-order valence-electron chi connectivity index (χ1n) is 5.66. The predicted molar refractivity (Wildman–Crippen MR) is 86.2 cm³/mol. The second kappa shape index (κ2) is 28.5. The molecule has 0 aliphatic carbocycles. The van der Waals surface area contributed by atoms with Gasteiger partial charge in [0, 0.05) is 36.7 Å². The van der Waals surface area contributed by atoms with Gasteiger partial charge in [0.15, 0.2) is 0 Å². The second-order valence-electron chi connectivity index (χ2n) is 3.01. The molecule has 0 radical (unpaired) electrons. The summed E-state index contributed by atoms with van der Waals surface area (Å²) in [4.78, 5) is 17.1. The van der Waals surface area contributed by atoms with E-state index in [4.69, 9.17) is 42.4 Å². The molecule has 0 saturated carbocycles. The molecule has 26 heavy (non-hydrogen) atoms. The maximum Gasteiger partial charge on any atom is 2.00 e. The van der Waals surface area contributed by atoms with Gasteiger partial charge in [0.1, 0.15) is 0 Å². The summed E-state index contributed by atoms with van der Waals surface area (Å²) in [6.07, 6.45) is 3.28. The maximum atomic E-state index is 8.83. The van der Waals surface area contributed by atoms with Crippen LogP contribution in [0.1, 0.15) is 0 Å². The first-order chi connectivity index (χ1) is 11.7. The topological polar surface area (TPSA) is 112 Å². The average Bonchev–Trinajstić information content (AvgIpc) is 2.67. The zero-order valence-electron chi connectivity index (χ0n) is 13.4. The van der Waals surface area contributed by atoms with E-state index in [9.17, 15) is 0 Å². The third-order valence-corrected chi connectivity index (χ3v) is 2.26. The number of hydrogen-bond acceptors (Lipinski definition) is 5. The van der Waals surface area contributed by atoms with Crippen LogP contribution in [-0.2, 0) is 38.3 Å². The van der Waals surface area contributed by atoms with Crippen molar-refractivity contribution in [2.24, 2.45) is 0 Å². The van der Waals surface area contributed by atoms with Crippen LogP contribution in [0.15, 0.2) is 36.7 Å². The summed E-state index contributed by atoms with van der Waals surface area (Å²) in [7, 11) is 2.26. The first-order valence-corrected chi connectivity index (χ1v) is 6.42. The summed E-state index contributed by atoms with van der Waals surface area (Å²) in [6, 6.07) is 6.94. The van der Waals surface area contributed by atoms with Gasteiger partial charge in [-0.3, -0.25) is 9.97 Å². The van der Waals surface area contributed by atoms with Crippen LogP contribution >= 0.6 is 23.2 Å². The summed E-state index contributed by atoms with van der Waals surface area (Å²) in [5, 5.41) is 8.27. The number of ether oxygens (including phenoxy) is 1. The van der Waals surface area contributed by atoms with E-state index in [1.165, 1.54) is 13.6 Å². The second-order valence-corrected chi connectivity index (χ2v) is 3.88. The van der Waals surface area contributed by atoms with Gasteiger partial charge in [0.25, 0.3) is 0 Å². The van der Waals surface area contributed by atoms with E-state index in [1.807, 2.05) is 0 Å². The molecule has 2 aromatic heterocycles. The molecule has 7 nitrogen and oxygen atoms in total. The number of carbonyl (C=O) groups excluding carboxylic acids is 1. The molecule has 0 aromatic carbocycles. The summed E-state index contributed by atoms with van der Waals surface area (Å²) in [5.74, 6) is 0. The molecule has 0 aliphatic heterocycles. The van der Waals surface area contributed by atoms with E-state index in [2.05, 4.69) is 28.0 Å². The minimum Gasteiger partial charge on any atom is -1.00 e. The minimum atomic E-state index is 0. The Labute approximate surface area is 180 Å². The Morgan fingerprint density at radius 1 is 1.00 bits per heavy atom. The monoisotopic (exact) mass is 508 g/mol. The quantitative estimate of drug-likeness (QED) is 0.340. The van der Waals surface area contributed by atoms with E-state index in [0.717, 1.165) is 18.5 Å². The summed E-state index contributed by atoms with van der Waals surface area (Å²) in [5.41, 5.74) is 1.44. The van der Waals surface area contributed by atoms with Crippen molar-refractivity contribution in [3.8, 4) is 11.4 Å². The Morgan fingerprint density at radius 2 is 1.27 bits per heavy atom. The van der Waals surface area contributed by atoms with Crippen molar-refractivity contribution < 1.29 is 55.8 Å². The van der Waals surface area contributed by atoms with Crippen LogP contribution in [0.2, 0.25) is 10.0 Å². The zero-order valence-corrected chi connectivity index (χ0v) is 17.4. The Balaban J connectivity index is -0.000000106. The van der Waals surface area contributed by atoms with Gasteiger partial charge in [0.2, 0.25) is 0 Å². The molecule has 11 heteroatoms. The van der Waals surface area contributed by atoms with Gasteiger partial charge < -0.3 is 27.0 Å². The summed E-state index contributed by atoms with van der Waals surface area (Å²) in [6.45, 7) is 10.2. The number of aliphatic hydroxyl groups is 1. The largest absolute Gasteiger partial charge is 2.00 e. The molecule has 0 saturated heterocycles. The van der Waals surface area contributed by atoms with Gasteiger partial charge in [-0.25, -0.2) is 0 Å². The van der Waals surface area contributed by atoms with Crippen molar-refractivity contribution in [2.75, 3.05) is 14.2 Å². The average molecular weight is 509 g/mol. The van der Waals surface area contributed by atoms with Gasteiger partial charge in [-0.05, 0) is 24.3 Å². The molecule has 2 aromatic rings. The number of pyridine rings is 2. The molecular formula is C15H13Cl3N2O5Ru. The van der Waals surface area contributed by atoms with E-state index >= 15 is 0 Å². The fourth-order valence-electron chi connectivity index (χ4n) is 1.09. The Hall–Kier alpha value is -1.30. The van der Waals surface area contributed by atoms with E-state index < -0.39 is 0 Å². The smallest absolute Gasteiger partial charge is 1.00 e. The molecule has 0 bridgehead atoms. The maximum absolute atomic E-state index is 8.83. The molecule has 0 unspecified atom stereocenters. The molecule has 1 N–H and O–H groups in total. The van der Waals surface area contributed by atoms with Gasteiger partial charge in [0.05, 0.1) is 11.4 Å². The van der Waals surface area contributed by atoms with Crippen molar-refractivity contribution in [1.82, 2.24) is 9.97 Å². The Kier molecular flexibility index (Phi) is 39.2. The third-order valence-electron chi connectivity index (χ3n) is 1.79. The molecular weight excluding hydrogens is 496 g/mol. The van der Waals surface area contributed by atoms with Crippen LogP contribution < -0.4 is 12.4 Å². The van der Waals surface area contributed by atoms with Crippen LogP contribution in [0.3, 0.4) is 0 Å². The van der Waals surface area contributed by atoms with Crippen LogP contribution in [0.5, 0.6) is 0 Å². The van der Waals surface area contributed by atoms with Gasteiger partial charge in [-0.1, -0.05) is 29.7 Å². The zero-order chi connectivity index (χ0) is 19.4. The van der Waals surface area contributed by atoms with E-state index in [-0.39, 0.29) is 31.9 Å². The van der Waals surface area contributed by atoms with Gasteiger partial charge >= 0.3 is 42.1 Å². The van der Waals surface area contributed by atoms with Gasteiger partial charge in [-0.15, -0.1) is 0 Å². The minimum absolute atomic E-state index is 0. The molecule has 0 aliphatic rings. The fraction of sp³-hybridized carbons (Fsp3) is 0.133. The molecule has 142 valence electrons. The van der Waals surface area contributed by atoms with Gasteiger partial charge in [-0.2, -0.15) is 0 Å². The van der Waals surface area contributed by atoms with Crippen LogP contribution in [0, 0.1) is 13.3 Å². The predicted octanol–water partition coefficient (Wildman–Crippen LogP) is -0.315. The Morgan fingerprint density at radius 3 is 1.46 bits per heavy atom. The third kappa shape index (κ3) is 19.0. The molecule has 2 heterocycles. The van der Waals surface area contributed by atoms with Crippen LogP contribution in [-0.4, -0.2) is 35.8 Å². The SMILES string of the molecule is CO.CO[C-]=O.Clc1ccnc(-c2cc(Cl)ccn2)c1.[C-]#[O+].[C-]#[O+].[Cl-].[Ru+2]. The normalized spacial score (nSPS) is 6.65. The van der Waals surface area contributed by atoms with Crippen molar-refractivity contribution in [3.63, 3.8) is 0 Å². The summed E-state index contributed by atoms with van der Waals surface area (Å²) < 4.78 is 18.7. The van der Waals surface area contributed by atoms with Crippen molar-refractivity contribution in [3.05, 3.63) is 60.0 Å². The number of aromatic nitrogens is 2. The standard InChI is InChI=1S/C10H6Cl2N2.C2H3O2.CH4O.2CO.ClH.Ru/c11-7-1-3-13-9(5-7)10-6-8(12)2-4-14-10;1-4-2-3;3*1-2;;/h1-6H;1H3;2H,1H3;;;1H;/q;-1;;;;;+2/p-1. The number of nitrogens with zero attached hydrogens (tertiary/aromatic N) is 2. The molecule has 2 rings (SSSR count). The first kappa shape index (κ1) is 35.8. The Bertz CT molecular complexity index is 566. The summed E-state index contributed by atoms with van der Waals surface area (Å²) >= 11 is 11.7. The van der Waals surface area contributed by atoms with E-state index in [0.29, 0.717) is 10.0 Å². The number of rotatable bonds is 2. The van der Waals surface area contributed by atoms with Crippen molar-refractivity contribution >= 4 is 29.7 Å². The molecule has 0 spiro atoms. The van der Waals surface area contributed by atoms with Crippen LogP contribution in [0.4, 0.5) is 0 Å². The van der Waals surface area contributed by atoms with Crippen molar-refractivity contribution in [2.45, 2.75) is 0 Å². The van der Waals surface area contributed by atoms with E-state index in [1.54, 1.807) is 36.7 Å². The molecule has 0 amide bonds. The van der Waals surface area contributed by atoms with Crippen LogP contribution in [0.25, 0.3) is 11.4 Å². The number of hydrogen-bond donors (Lipinski definition) is 1. The fourth-order valence-corrected chi connectivity index (χ4v) is 1.41. The molecule has 0 fully saturated rings. The van der Waals surface area contributed by atoms with Crippen molar-refractivity contribution in [1.29, 1.82) is 0 Å². The molecule has 0 atom stereocenters.